The van der Waals surface area contributed by atoms with E-state index in [1.54, 1.807) is 18.3 Å². The molecule has 6 heteroatoms. The Labute approximate surface area is 129 Å². The third-order valence-electron chi connectivity index (χ3n) is 3.10. The molecule has 0 aliphatic rings. The van der Waals surface area contributed by atoms with Crippen molar-refractivity contribution in [3.8, 4) is 11.8 Å². The van der Waals surface area contributed by atoms with Crippen LogP contribution in [0.25, 0.3) is 0 Å². The van der Waals surface area contributed by atoms with Crippen molar-refractivity contribution in [3.63, 3.8) is 0 Å². The second-order valence-corrected chi connectivity index (χ2v) is 4.81. The Morgan fingerprint density at radius 3 is 2.68 bits per heavy atom. The molecule has 0 spiro atoms. The minimum Gasteiger partial charge on any atom is -0.481 e. The molecule has 0 aliphatic carbocycles. The van der Waals surface area contributed by atoms with Gasteiger partial charge in [-0.25, -0.2) is 0 Å². The Hall–Kier alpha value is -2.63. The monoisotopic (exact) mass is 301 g/mol. The number of hydrogen-bond acceptors (Lipinski definition) is 5. The molecule has 0 unspecified atom stereocenters. The Kier molecular flexibility index (Phi) is 5.30. The molecule has 0 aromatic carbocycles. The molecule has 1 N–H and O–H groups in total. The van der Waals surface area contributed by atoms with Gasteiger partial charge >= 0.3 is 0 Å². The van der Waals surface area contributed by atoms with Gasteiger partial charge in [0.1, 0.15) is 5.56 Å². The van der Waals surface area contributed by atoms with Crippen molar-refractivity contribution in [2.45, 2.75) is 19.4 Å². The van der Waals surface area contributed by atoms with Gasteiger partial charge in [-0.3, -0.25) is 9.78 Å². The average molecular weight is 301 g/mol. The average Bonchev–Trinajstić information content (AvgIpc) is 2.54. The molecule has 0 saturated carbocycles. The van der Waals surface area contributed by atoms with Crippen LogP contribution in [-0.4, -0.2) is 36.1 Å². The van der Waals surface area contributed by atoms with Crippen LogP contribution in [0.15, 0.2) is 36.5 Å². The zero-order valence-electron chi connectivity index (χ0n) is 12.9. The van der Waals surface area contributed by atoms with Crippen LogP contribution in [0.3, 0.4) is 0 Å². The quantitative estimate of drug-likeness (QED) is 0.881. The van der Waals surface area contributed by atoms with Crippen molar-refractivity contribution in [1.29, 1.82) is 0 Å². The number of amides is 1. The van der Waals surface area contributed by atoms with E-state index in [0.717, 1.165) is 5.69 Å². The van der Waals surface area contributed by atoms with Gasteiger partial charge in [0, 0.05) is 30.4 Å². The fraction of sp³-hybridized carbons (Fsp3) is 0.312. The minimum absolute atomic E-state index is 0.0609. The highest BCUT2D eigenvalue weighted by Crippen LogP contribution is 2.19. The number of nitrogens with one attached hydrogen (secondary N) is 1. The highest BCUT2D eigenvalue weighted by atomic mass is 16.5. The van der Waals surface area contributed by atoms with Crippen molar-refractivity contribution in [3.05, 3.63) is 47.8 Å². The Morgan fingerprint density at radius 1 is 1.23 bits per heavy atom. The van der Waals surface area contributed by atoms with Gasteiger partial charge in [-0.05, 0) is 25.1 Å². The summed E-state index contributed by atoms with van der Waals surface area (Å²) >= 11 is 0. The number of nitrogens with zero attached hydrogens (tertiary/aromatic N) is 2. The first-order chi connectivity index (χ1) is 10.6. The molecule has 0 radical (unpaired) electrons. The van der Waals surface area contributed by atoms with Crippen LogP contribution in [0, 0.1) is 0 Å². The van der Waals surface area contributed by atoms with E-state index in [0.29, 0.717) is 17.9 Å². The van der Waals surface area contributed by atoms with Crippen LogP contribution in [-0.2, 0) is 6.42 Å². The fourth-order valence-electron chi connectivity index (χ4n) is 2.05. The van der Waals surface area contributed by atoms with Crippen LogP contribution in [0.5, 0.6) is 11.8 Å². The summed E-state index contributed by atoms with van der Waals surface area (Å²) in [5.41, 5.74) is 1.30. The molecule has 2 rings (SSSR count). The maximum Gasteiger partial charge on any atom is 0.256 e. The molecular weight excluding hydrogens is 282 g/mol. The summed E-state index contributed by atoms with van der Waals surface area (Å²) in [6.07, 6.45) is 2.39. The summed E-state index contributed by atoms with van der Waals surface area (Å²) in [6.45, 7) is 1.93. The standard InChI is InChI=1S/C16H19N3O3/c1-11(10-12-6-4-5-9-17-12)18-15(20)13-7-8-14(21-2)19-16(13)22-3/h4-9,11H,10H2,1-3H3,(H,18,20)/t11-/m1/s1. The lowest BCUT2D eigenvalue weighted by atomic mass is 10.1. The van der Waals surface area contributed by atoms with Crippen molar-refractivity contribution >= 4 is 5.91 Å². The lowest BCUT2D eigenvalue weighted by molar-refractivity contribution is 0.0936. The second kappa shape index (κ2) is 7.40. The number of aromatic nitrogens is 2. The number of rotatable bonds is 6. The maximum absolute atomic E-state index is 12.3. The van der Waals surface area contributed by atoms with Gasteiger partial charge in [-0.15, -0.1) is 0 Å². The number of hydrogen-bond donors (Lipinski definition) is 1. The van der Waals surface area contributed by atoms with Crippen molar-refractivity contribution in [1.82, 2.24) is 15.3 Å². The normalized spacial score (nSPS) is 11.6. The van der Waals surface area contributed by atoms with Gasteiger partial charge in [0.15, 0.2) is 0 Å². The van der Waals surface area contributed by atoms with Gasteiger partial charge in [0.2, 0.25) is 11.8 Å². The molecule has 0 saturated heterocycles. The molecule has 2 aromatic heterocycles. The summed E-state index contributed by atoms with van der Waals surface area (Å²) in [6, 6.07) is 8.91. The Bertz CT molecular complexity index is 632. The van der Waals surface area contributed by atoms with E-state index in [2.05, 4.69) is 15.3 Å². The number of pyridine rings is 2. The third-order valence-corrected chi connectivity index (χ3v) is 3.10. The minimum atomic E-state index is -0.240. The first kappa shape index (κ1) is 15.8. The molecular formula is C16H19N3O3. The fourth-order valence-corrected chi connectivity index (χ4v) is 2.05. The van der Waals surface area contributed by atoms with E-state index in [9.17, 15) is 4.79 Å². The van der Waals surface area contributed by atoms with Crippen molar-refractivity contribution < 1.29 is 14.3 Å². The van der Waals surface area contributed by atoms with E-state index in [-0.39, 0.29) is 17.8 Å². The molecule has 6 nitrogen and oxygen atoms in total. The van der Waals surface area contributed by atoms with Crippen molar-refractivity contribution in [2.24, 2.45) is 0 Å². The number of carbonyl (C=O) groups excluding carboxylic acids is 1. The molecule has 1 atom stereocenters. The lowest BCUT2D eigenvalue weighted by Crippen LogP contribution is -2.34. The SMILES string of the molecule is COc1ccc(C(=O)N[C@H](C)Cc2ccccn2)c(OC)n1. The molecule has 22 heavy (non-hydrogen) atoms. The van der Waals surface area contributed by atoms with Crippen LogP contribution < -0.4 is 14.8 Å². The number of methoxy groups -OCH3 is 2. The van der Waals surface area contributed by atoms with Gasteiger partial charge in [0.25, 0.3) is 5.91 Å². The van der Waals surface area contributed by atoms with E-state index in [1.165, 1.54) is 14.2 Å². The molecule has 1 amide bonds. The summed E-state index contributed by atoms with van der Waals surface area (Å²) in [5, 5.41) is 2.92. The van der Waals surface area contributed by atoms with Crippen LogP contribution >= 0.6 is 0 Å². The van der Waals surface area contributed by atoms with E-state index >= 15 is 0 Å². The van der Waals surface area contributed by atoms with Gasteiger partial charge < -0.3 is 14.8 Å². The molecule has 0 fully saturated rings. The molecule has 2 heterocycles. The van der Waals surface area contributed by atoms with Gasteiger partial charge in [-0.1, -0.05) is 6.07 Å². The van der Waals surface area contributed by atoms with Crippen LogP contribution in [0.2, 0.25) is 0 Å². The van der Waals surface area contributed by atoms with Crippen LogP contribution in [0.4, 0.5) is 0 Å². The summed E-state index contributed by atoms with van der Waals surface area (Å²) in [7, 11) is 2.98. The molecule has 0 aliphatic heterocycles. The zero-order valence-corrected chi connectivity index (χ0v) is 12.9. The zero-order chi connectivity index (χ0) is 15.9. The van der Waals surface area contributed by atoms with Crippen LogP contribution in [0.1, 0.15) is 23.0 Å². The first-order valence-electron chi connectivity index (χ1n) is 6.94. The maximum atomic E-state index is 12.3. The van der Waals surface area contributed by atoms with E-state index in [4.69, 9.17) is 9.47 Å². The predicted octanol–water partition coefficient (Wildman–Crippen LogP) is 1.85. The summed E-state index contributed by atoms with van der Waals surface area (Å²) < 4.78 is 10.2. The highest BCUT2D eigenvalue weighted by Gasteiger charge is 2.17. The predicted molar refractivity (Wildman–Crippen MR) is 82.2 cm³/mol. The largest absolute Gasteiger partial charge is 0.481 e. The second-order valence-electron chi connectivity index (χ2n) is 4.81. The first-order valence-corrected chi connectivity index (χ1v) is 6.94. The van der Waals surface area contributed by atoms with Gasteiger partial charge in [-0.2, -0.15) is 4.98 Å². The Morgan fingerprint density at radius 2 is 2.05 bits per heavy atom. The highest BCUT2D eigenvalue weighted by molar-refractivity contribution is 5.96. The smallest absolute Gasteiger partial charge is 0.256 e. The molecule has 2 aromatic rings. The Balaban J connectivity index is 2.05. The third kappa shape index (κ3) is 3.94. The molecule has 0 bridgehead atoms. The summed E-state index contributed by atoms with van der Waals surface area (Å²) in [5.74, 6) is 0.396. The summed E-state index contributed by atoms with van der Waals surface area (Å²) in [4.78, 5) is 20.7. The number of ether oxygens (including phenoxy) is 2. The molecule has 116 valence electrons. The lowest BCUT2D eigenvalue weighted by Gasteiger charge is -2.15. The number of carbonyl (C=O) groups is 1. The van der Waals surface area contributed by atoms with E-state index in [1.807, 2.05) is 25.1 Å². The van der Waals surface area contributed by atoms with Gasteiger partial charge in [0.05, 0.1) is 14.2 Å². The van der Waals surface area contributed by atoms with E-state index < -0.39 is 0 Å². The topological polar surface area (TPSA) is 73.3 Å². The van der Waals surface area contributed by atoms with Crippen molar-refractivity contribution in [2.75, 3.05) is 14.2 Å².